The predicted octanol–water partition coefficient (Wildman–Crippen LogP) is 3.86. The van der Waals surface area contributed by atoms with Gasteiger partial charge < -0.3 is 10.5 Å². The number of rotatable bonds is 4. The molecular formula is C19H23NO. The zero-order valence-corrected chi connectivity index (χ0v) is 12.8. The van der Waals surface area contributed by atoms with Crippen LogP contribution in [0.4, 0.5) is 0 Å². The maximum atomic E-state index is 6.44. The first-order chi connectivity index (χ1) is 10.1. The number of benzene rings is 2. The quantitative estimate of drug-likeness (QED) is 0.923. The third-order valence-electron chi connectivity index (χ3n) is 4.37. The van der Waals surface area contributed by atoms with Crippen molar-refractivity contribution in [3.8, 4) is 5.75 Å². The van der Waals surface area contributed by atoms with E-state index in [2.05, 4.69) is 50.2 Å². The van der Waals surface area contributed by atoms with Crippen molar-refractivity contribution in [1.82, 2.24) is 0 Å². The molecule has 1 heterocycles. The third kappa shape index (κ3) is 2.96. The van der Waals surface area contributed by atoms with Crippen molar-refractivity contribution in [2.75, 3.05) is 6.61 Å². The first-order valence-corrected chi connectivity index (χ1v) is 7.71. The molecule has 1 aliphatic heterocycles. The Morgan fingerprint density at radius 2 is 1.81 bits per heavy atom. The molecule has 0 saturated heterocycles. The molecule has 0 fully saturated rings. The van der Waals surface area contributed by atoms with Crippen LogP contribution in [0.5, 0.6) is 5.75 Å². The fourth-order valence-electron chi connectivity index (χ4n) is 2.99. The van der Waals surface area contributed by atoms with Crippen LogP contribution < -0.4 is 10.5 Å². The number of hydrogen-bond donors (Lipinski definition) is 1. The van der Waals surface area contributed by atoms with Gasteiger partial charge in [-0.2, -0.15) is 0 Å². The van der Waals surface area contributed by atoms with Gasteiger partial charge in [-0.1, -0.05) is 56.3 Å². The largest absolute Gasteiger partial charge is 0.493 e. The van der Waals surface area contributed by atoms with Gasteiger partial charge in [-0.05, 0) is 29.5 Å². The van der Waals surface area contributed by atoms with Crippen LogP contribution in [0.1, 0.15) is 42.4 Å². The van der Waals surface area contributed by atoms with Gasteiger partial charge in [0.2, 0.25) is 0 Å². The Balaban J connectivity index is 1.71. The van der Waals surface area contributed by atoms with Gasteiger partial charge in [0, 0.05) is 17.5 Å². The maximum absolute atomic E-state index is 6.44. The SMILES string of the molecule is CC(C)c1ccc(CC(N)C2COc3ccccc32)cc1. The second kappa shape index (κ2) is 5.90. The van der Waals surface area contributed by atoms with Crippen LogP contribution in [0.25, 0.3) is 0 Å². The molecular weight excluding hydrogens is 258 g/mol. The monoisotopic (exact) mass is 281 g/mol. The summed E-state index contributed by atoms with van der Waals surface area (Å²) < 4.78 is 5.74. The Hall–Kier alpha value is -1.80. The van der Waals surface area contributed by atoms with Gasteiger partial charge in [-0.3, -0.25) is 0 Å². The summed E-state index contributed by atoms with van der Waals surface area (Å²) in [6.07, 6.45) is 0.890. The molecule has 0 aromatic heterocycles. The Kier molecular flexibility index (Phi) is 3.98. The molecule has 2 aromatic rings. The van der Waals surface area contributed by atoms with Crippen molar-refractivity contribution < 1.29 is 4.74 Å². The summed E-state index contributed by atoms with van der Waals surface area (Å²) in [7, 11) is 0. The zero-order chi connectivity index (χ0) is 14.8. The zero-order valence-electron chi connectivity index (χ0n) is 12.8. The highest BCUT2D eigenvalue weighted by molar-refractivity contribution is 5.41. The van der Waals surface area contributed by atoms with Crippen molar-refractivity contribution in [1.29, 1.82) is 0 Å². The lowest BCUT2D eigenvalue weighted by Gasteiger charge is -2.18. The lowest BCUT2D eigenvalue weighted by Crippen LogP contribution is -2.31. The van der Waals surface area contributed by atoms with E-state index in [9.17, 15) is 0 Å². The molecule has 2 nitrogen and oxygen atoms in total. The van der Waals surface area contributed by atoms with Crippen molar-refractivity contribution in [3.63, 3.8) is 0 Å². The molecule has 3 rings (SSSR count). The normalized spacial score (nSPS) is 18.4. The highest BCUT2D eigenvalue weighted by atomic mass is 16.5. The van der Waals surface area contributed by atoms with Crippen LogP contribution >= 0.6 is 0 Å². The van der Waals surface area contributed by atoms with Crippen LogP contribution in [0, 0.1) is 0 Å². The summed E-state index contributed by atoms with van der Waals surface area (Å²) in [6.45, 7) is 5.13. The van der Waals surface area contributed by atoms with E-state index in [4.69, 9.17) is 10.5 Å². The summed E-state index contributed by atoms with van der Waals surface area (Å²) in [4.78, 5) is 0. The van der Waals surface area contributed by atoms with Gasteiger partial charge >= 0.3 is 0 Å². The number of fused-ring (bicyclic) bond motifs is 1. The van der Waals surface area contributed by atoms with Crippen molar-refractivity contribution in [2.45, 2.75) is 38.1 Å². The summed E-state index contributed by atoms with van der Waals surface area (Å²) in [5, 5.41) is 0. The minimum absolute atomic E-state index is 0.0959. The molecule has 2 unspecified atom stereocenters. The molecule has 0 spiro atoms. The first-order valence-electron chi connectivity index (χ1n) is 7.71. The first kappa shape index (κ1) is 14.2. The van der Waals surface area contributed by atoms with Gasteiger partial charge in [0.25, 0.3) is 0 Å². The summed E-state index contributed by atoms with van der Waals surface area (Å²) >= 11 is 0. The average molecular weight is 281 g/mol. The number of nitrogens with two attached hydrogens (primary N) is 1. The minimum Gasteiger partial charge on any atom is -0.493 e. The third-order valence-corrected chi connectivity index (χ3v) is 4.37. The fourth-order valence-corrected chi connectivity index (χ4v) is 2.99. The Morgan fingerprint density at radius 1 is 1.10 bits per heavy atom. The fraction of sp³-hybridized carbons (Fsp3) is 0.368. The molecule has 1 aliphatic rings. The van der Waals surface area contributed by atoms with Crippen molar-refractivity contribution >= 4 is 0 Å². The molecule has 0 amide bonds. The molecule has 2 N–H and O–H groups in total. The van der Waals surface area contributed by atoms with E-state index in [1.54, 1.807) is 0 Å². The number of ether oxygens (including phenoxy) is 1. The second-order valence-electron chi connectivity index (χ2n) is 6.22. The Morgan fingerprint density at radius 3 is 2.52 bits per heavy atom. The van der Waals surface area contributed by atoms with Gasteiger partial charge in [-0.25, -0.2) is 0 Å². The van der Waals surface area contributed by atoms with Crippen molar-refractivity contribution in [3.05, 3.63) is 65.2 Å². The summed E-state index contributed by atoms with van der Waals surface area (Å²) in [6, 6.07) is 17.2. The molecule has 0 saturated carbocycles. The molecule has 2 aromatic carbocycles. The molecule has 2 heteroatoms. The highest BCUT2D eigenvalue weighted by Crippen LogP contribution is 2.35. The van der Waals surface area contributed by atoms with Gasteiger partial charge in [0.05, 0.1) is 6.61 Å². The van der Waals surface area contributed by atoms with E-state index in [1.165, 1.54) is 16.7 Å². The van der Waals surface area contributed by atoms with Crippen LogP contribution in [0.15, 0.2) is 48.5 Å². The maximum Gasteiger partial charge on any atom is 0.122 e. The second-order valence-corrected chi connectivity index (χ2v) is 6.22. The summed E-state index contributed by atoms with van der Waals surface area (Å²) in [5.41, 5.74) is 10.4. The molecule has 2 atom stereocenters. The van der Waals surface area contributed by atoms with E-state index in [0.717, 1.165) is 12.2 Å². The van der Waals surface area contributed by atoms with Gasteiger partial charge in [0.15, 0.2) is 0 Å². The van der Waals surface area contributed by atoms with E-state index in [0.29, 0.717) is 18.4 Å². The molecule has 21 heavy (non-hydrogen) atoms. The Bertz CT molecular complexity index is 603. The van der Waals surface area contributed by atoms with E-state index < -0.39 is 0 Å². The van der Waals surface area contributed by atoms with Crippen molar-refractivity contribution in [2.24, 2.45) is 5.73 Å². The number of hydrogen-bond acceptors (Lipinski definition) is 2. The van der Waals surface area contributed by atoms with Crippen LogP contribution in [-0.4, -0.2) is 12.6 Å². The number of para-hydroxylation sites is 1. The molecule has 110 valence electrons. The lowest BCUT2D eigenvalue weighted by atomic mass is 9.89. The molecule has 0 aliphatic carbocycles. The van der Waals surface area contributed by atoms with Crippen LogP contribution in [0.2, 0.25) is 0 Å². The van der Waals surface area contributed by atoms with E-state index >= 15 is 0 Å². The van der Waals surface area contributed by atoms with E-state index in [-0.39, 0.29) is 6.04 Å². The minimum atomic E-state index is 0.0959. The summed E-state index contributed by atoms with van der Waals surface area (Å²) in [5.74, 6) is 1.86. The van der Waals surface area contributed by atoms with Gasteiger partial charge in [-0.15, -0.1) is 0 Å². The predicted molar refractivity (Wildman–Crippen MR) is 86.9 cm³/mol. The average Bonchev–Trinajstić information content (AvgIpc) is 2.92. The topological polar surface area (TPSA) is 35.2 Å². The Labute approximate surface area is 126 Å². The van der Waals surface area contributed by atoms with Crippen LogP contribution in [-0.2, 0) is 6.42 Å². The standard InChI is InChI=1S/C19H23NO/c1-13(2)15-9-7-14(8-10-15)11-18(20)17-12-21-19-6-4-3-5-16(17)19/h3-10,13,17-18H,11-12,20H2,1-2H3. The smallest absolute Gasteiger partial charge is 0.122 e. The molecule has 0 radical (unpaired) electrons. The lowest BCUT2D eigenvalue weighted by molar-refractivity contribution is 0.313. The molecule has 0 bridgehead atoms. The van der Waals surface area contributed by atoms with E-state index in [1.807, 2.05) is 12.1 Å². The highest BCUT2D eigenvalue weighted by Gasteiger charge is 2.28. The van der Waals surface area contributed by atoms with Gasteiger partial charge in [0.1, 0.15) is 5.75 Å². The van der Waals surface area contributed by atoms with Crippen LogP contribution in [0.3, 0.4) is 0 Å².